The number of hydrogen-bond donors (Lipinski definition) is 0. The smallest absolute Gasteiger partial charge is 0.106 e. The molecule has 0 unspecified atom stereocenters. The monoisotopic (exact) mass is 568 g/mol. The third-order valence-electron chi connectivity index (χ3n) is 4.37. The quantitative estimate of drug-likeness (QED) is 0.118. The zero-order chi connectivity index (χ0) is 22.8. The van der Waals surface area contributed by atoms with Gasteiger partial charge >= 0.3 is 0 Å². The maximum Gasteiger partial charge on any atom is 0.106 e. The van der Waals surface area contributed by atoms with Crippen LogP contribution in [0.2, 0.25) is 0 Å². The van der Waals surface area contributed by atoms with E-state index >= 15 is 0 Å². The van der Waals surface area contributed by atoms with Crippen molar-refractivity contribution in [3.05, 3.63) is 90.6 Å². The highest BCUT2D eigenvalue weighted by atomic mass is 32.9. The Kier molecular flexibility index (Phi) is 11.6. The maximum absolute atomic E-state index is 5.40. The van der Waals surface area contributed by atoms with Gasteiger partial charge in [0.05, 0.1) is 8.42 Å². The van der Waals surface area contributed by atoms with Gasteiger partial charge in [0.25, 0.3) is 0 Å². The lowest BCUT2D eigenvalue weighted by atomic mass is 10.1. The molecule has 0 N–H and O–H groups in total. The molecule has 4 aromatic rings. The van der Waals surface area contributed by atoms with Crippen LogP contribution < -0.4 is 0 Å². The fraction of sp³-hybridized carbons (Fsp3) is 0.250. The lowest BCUT2D eigenvalue weighted by Crippen LogP contribution is -1.87. The number of benzene rings is 2. The SMILES string of the molecule is CCSc1ssc(=S)c1Cc1ccccc1.CCSc1ssc(=S)c1Cc1ccccc1. The summed E-state index contributed by atoms with van der Waals surface area (Å²) in [6.45, 7) is 4.37. The van der Waals surface area contributed by atoms with Crippen LogP contribution in [0.25, 0.3) is 0 Å². The van der Waals surface area contributed by atoms with E-state index in [4.69, 9.17) is 24.4 Å². The van der Waals surface area contributed by atoms with E-state index < -0.39 is 0 Å². The molecule has 0 aliphatic rings. The first-order chi connectivity index (χ1) is 15.6. The van der Waals surface area contributed by atoms with Gasteiger partial charge in [0.2, 0.25) is 0 Å². The first-order valence-corrected chi connectivity index (χ1v) is 17.3. The van der Waals surface area contributed by atoms with Gasteiger partial charge in [-0.1, -0.05) is 140 Å². The molecule has 2 heterocycles. The molecule has 0 fully saturated rings. The number of rotatable bonds is 8. The fourth-order valence-corrected chi connectivity index (χ4v) is 11.7. The zero-order valence-electron chi connectivity index (χ0n) is 17.9. The summed E-state index contributed by atoms with van der Waals surface area (Å²) in [5, 5.41) is 0. The van der Waals surface area contributed by atoms with Crippen LogP contribution in [0.15, 0.2) is 69.1 Å². The third-order valence-corrected chi connectivity index (χ3v) is 13.7. The molecule has 0 radical (unpaired) electrons. The van der Waals surface area contributed by atoms with E-state index in [-0.39, 0.29) is 0 Å². The first-order valence-electron chi connectivity index (χ1n) is 10.2. The van der Waals surface area contributed by atoms with E-state index in [2.05, 4.69) is 74.5 Å². The van der Waals surface area contributed by atoms with E-state index in [9.17, 15) is 0 Å². The zero-order valence-corrected chi connectivity index (χ0v) is 24.4. The molecule has 0 atom stereocenters. The van der Waals surface area contributed by atoms with Crippen molar-refractivity contribution in [1.29, 1.82) is 0 Å². The highest BCUT2D eigenvalue weighted by Gasteiger charge is 2.10. The second kappa shape index (κ2) is 14.2. The number of thioether (sulfide) groups is 2. The lowest BCUT2D eigenvalue weighted by Gasteiger charge is -2.01. The molecule has 8 heteroatoms. The predicted octanol–water partition coefficient (Wildman–Crippen LogP) is 10.5. The molecule has 0 amide bonds. The Morgan fingerprint density at radius 3 is 1.31 bits per heavy atom. The summed E-state index contributed by atoms with van der Waals surface area (Å²) in [5.74, 6) is 2.23. The minimum absolute atomic E-state index is 0.974. The molecule has 0 nitrogen and oxygen atoms in total. The highest BCUT2D eigenvalue weighted by Crippen LogP contribution is 2.36. The summed E-state index contributed by atoms with van der Waals surface area (Å²) in [5.41, 5.74) is 5.39. The van der Waals surface area contributed by atoms with Gasteiger partial charge in [-0.2, -0.15) is 0 Å². The summed E-state index contributed by atoms with van der Waals surface area (Å²) in [4.78, 5) is 0. The van der Waals surface area contributed by atoms with Gasteiger partial charge in [-0.15, -0.1) is 23.5 Å². The van der Waals surface area contributed by atoms with E-state index in [1.165, 1.54) is 30.7 Å². The largest absolute Gasteiger partial charge is 0.115 e. The van der Waals surface area contributed by atoms with Crippen molar-refractivity contribution in [2.45, 2.75) is 35.1 Å². The van der Waals surface area contributed by atoms with Crippen molar-refractivity contribution in [3.8, 4) is 0 Å². The Bertz CT molecular complexity index is 1090. The summed E-state index contributed by atoms with van der Waals surface area (Å²) in [6, 6.07) is 21.1. The topological polar surface area (TPSA) is 0 Å². The summed E-state index contributed by atoms with van der Waals surface area (Å²) in [6.07, 6.45) is 1.95. The number of hydrogen-bond acceptors (Lipinski definition) is 8. The Morgan fingerprint density at radius 2 is 0.969 bits per heavy atom. The minimum Gasteiger partial charge on any atom is -0.115 e. The average Bonchev–Trinajstić information content (AvgIpc) is 3.33. The highest BCUT2D eigenvalue weighted by molar-refractivity contribution is 8.03. The van der Waals surface area contributed by atoms with Crippen LogP contribution in [0, 0.1) is 7.65 Å². The molecule has 0 saturated carbocycles. The maximum atomic E-state index is 5.40. The Hall–Kier alpha value is -0.320. The summed E-state index contributed by atoms with van der Waals surface area (Å²) in [7, 11) is 7.09. The van der Waals surface area contributed by atoms with Crippen molar-refractivity contribution in [1.82, 2.24) is 0 Å². The Morgan fingerprint density at radius 1 is 0.594 bits per heavy atom. The van der Waals surface area contributed by atoms with E-state index in [0.717, 1.165) is 32.0 Å². The van der Waals surface area contributed by atoms with Crippen molar-refractivity contribution in [3.63, 3.8) is 0 Å². The molecule has 4 rings (SSSR count). The van der Waals surface area contributed by atoms with Crippen molar-refractivity contribution in [2.75, 3.05) is 11.5 Å². The molecular formula is C24H24S8. The predicted molar refractivity (Wildman–Crippen MR) is 157 cm³/mol. The van der Waals surface area contributed by atoms with Gasteiger partial charge < -0.3 is 0 Å². The third kappa shape index (κ3) is 7.87. The van der Waals surface area contributed by atoms with Crippen LogP contribution >= 0.6 is 89.3 Å². The fourth-order valence-electron chi connectivity index (χ4n) is 2.89. The molecule has 0 spiro atoms. The van der Waals surface area contributed by atoms with E-state index in [1.54, 1.807) is 20.7 Å². The average molecular weight is 569 g/mol. The molecule has 0 aliphatic carbocycles. The standard InChI is InChI=1S/2C12H12S4/c2*1-2-14-12-10(11(13)15-16-12)8-9-6-4-3-5-7-9/h2*3-7H,2,8H2,1H3. The molecule has 168 valence electrons. The van der Waals surface area contributed by atoms with Crippen LogP contribution in [0.5, 0.6) is 0 Å². The Labute approximate surface area is 224 Å². The van der Waals surface area contributed by atoms with Gasteiger partial charge in [0, 0.05) is 24.0 Å². The molecule has 2 aromatic carbocycles. The van der Waals surface area contributed by atoms with Gasteiger partial charge in [0.1, 0.15) is 7.65 Å². The van der Waals surface area contributed by atoms with Gasteiger partial charge in [-0.05, 0) is 22.6 Å². The van der Waals surface area contributed by atoms with E-state index in [0.29, 0.717) is 0 Å². The van der Waals surface area contributed by atoms with Crippen LogP contribution in [-0.2, 0) is 12.8 Å². The molecule has 0 saturated heterocycles. The lowest BCUT2D eigenvalue weighted by molar-refractivity contribution is 1.17. The summed E-state index contributed by atoms with van der Waals surface area (Å²) < 4.78 is 4.93. The van der Waals surface area contributed by atoms with Crippen molar-refractivity contribution >= 4 is 89.3 Å². The van der Waals surface area contributed by atoms with Gasteiger partial charge in [-0.25, -0.2) is 0 Å². The minimum atomic E-state index is 0.974. The molecule has 0 aliphatic heterocycles. The normalized spacial score (nSPS) is 10.6. The Balaban J connectivity index is 0.000000181. The van der Waals surface area contributed by atoms with Crippen LogP contribution in [0.3, 0.4) is 0 Å². The van der Waals surface area contributed by atoms with Crippen LogP contribution in [0.4, 0.5) is 0 Å². The van der Waals surface area contributed by atoms with Crippen LogP contribution in [0.1, 0.15) is 36.1 Å². The first kappa shape index (κ1) is 26.3. The van der Waals surface area contributed by atoms with Crippen LogP contribution in [-0.4, -0.2) is 11.5 Å². The molecule has 0 bridgehead atoms. The van der Waals surface area contributed by atoms with E-state index in [1.807, 2.05) is 44.2 Å². The van der Waals surface area contributed by atoms with Gasteiger partial charge in [0.15, 0.2) is 0 Å². The van der Waals surface area contributed by atoms with Crippen molar-refractivity contribution < 1.29 is 0 Å². The van der Waals surface area contributed by atoms with Gasteiger partial charge in [-0.3, -0.25) is 0 Å². The molecular weight excluding hydrogens is 545 g/mol. The second-order valence-electron chi connectivity index (χ2n) is 6.63. The molecule has 32 heavy (non-hydrogen) atoms. The second-order valence-corrected chi connectivity index (χ2v) is 15.3. The van der Waals surface area contributed by atoms with Crippen molar-refractivity contribution in [2.24, 2.45) is 0 Å². The molecule has 2 aromatic heterocycles. The summed E-state index contributed by atoms with van der Waals surface area (Å²) >= 11 is 14.6.